The third-order valence-corrected chi connectivity index (χ3v) is 5.73. The number of rotatable bonds is 5. The van der Waals surface area contributed by atoms with Gasteiger partial charge in [0.2, 0.25) is 11.8 Å². The third kappa shape index (κ3) is 3.30. The molecule has 0 aromatic carbocycles. The number of nitrogens with two attached hydrogens (primary N) is 1. The molecule has 3 heterocycles. The van der Waals surface area contributed by atoms with Crippen molar-refractivity contribution in [2.45, 2.75) is 38.3 Å². The van der Waals surface area contributed by atoms with Crippen LogP contribution >= 0.6 is 11.3 Å². The van der Waals surface area contributed by atoms with E-state index in [1.165, 1.54) is 11.3 Å². The minimum Gasteiger partial charge on any atom is -0.369 e. The topological polar surface area (TPSA) is 101 Å². The maximum atomic E-state index is 12.6. The summed E-state index contributed by atoms with van der Waals surface area (Å²) in [6.07, 6.45) is 1.15. The Kier molecular flexibility index (Phi) is 4.89. The van der Waals surface area contributed by atoms with Crippen LogP contribution in [-0.4, -0.2) is 58.5 Å². The number of thiophene rings is 1. The highest BCUT2D eigenvalue weighted by Gasteiger charge is 2.51. The Morgan fingerprint density at radius 1 is 1.36 bits per heavy atom. The van der Waals surface area contributed by atoms with Crippen molar-refractivity contribution in [1.82, 2.24) is 9.80 Å². The first-order chi connectivity index (χ1) is 11.9. The van der Waals surface area contributed by atoms with Gasteiger partial charge in [-0.05, 0) is 24.3 Å². The Bertz CT molecular complexity index is 703. The highest BCUT2D eigenvalue weighted by Crippen LogP contribution is 2.31. The molecule has 2 saturated heterocycles. The van der Waals surface area contributed by atoms with E-state index in [9.17, 15) is 19.2 Å². The first-order valence-electron chi connectivity index (χ1n) is 8.34. The molecule has 3 unspecified atom stereocenters. The molecule has 2 N–H and O–H groups in total. The monoisotopic (exact) mass is 363 g/mol. The molecule has 0 spiro atoms. The van der Waals surface area contributed by atoms with E-state index < -0.39 is 11.9 Å². The quantitative estimate of drug-likeness (QED) is 0.830. The van der Waals surface area contributed by atoms with Crippen molar-refractivity contribution in [3.8, 4) is 0 Å². The number of primary amides is 1. The van der Waals surface area contributed by atoms with Crippen molar-refractivity contribution in [2.24, 2.45) is 11.7 Å². The number of ketones is 1. The summed E-state index contributed by atoms with van der Waals surface area (Å²) in [5.74, 6) is -1.21. The molecule has 0 bridgehead atoms. The number of hydrogen-bond acceptors (Lipinski definition) is 5. The fourth-order valence-electron chi connectivity index (χ4n) is 3.55. The number of likely N-dealkylation sites (tertiary alicyclic amines) is 2. The molecule has 1 aromatic rings. The Balaban J connectivity index is 1.67. The average Bonchev–Trinajstić information content (AvgIpc) is 3.29. The average molecular weight is 363 g/mol. The van der Waals surface area contributed by atoms with Crippen LogP contribution in [-0.2, 0) is 14.4 Å². The number of Topliss-reactive ketones (excluding diaryl/α,β-unsaturated/α-hetero) is 1. The number of carbonyl (C=O) groups is 4. The lowest BCUT2D eigenvalue weighted by Gasteiger charge is -2.24. The molecule has 7 nitrogen and oxygen atoms in total. The summed E-state index contributed by atoms with van der Waals surface area (Å²) >= 11 is 1.44. The van der Waals surface area contributed by atoms with Crippen LogP contribution in [0.3, 0.4) is 0 Å². The predicted octanol–water partition coefficient (Wildman–Crippen LogP) is 0.644. The molecule has 8 heteroatoms. The van der Waals surface area contributed by atoms with Gasteiger partial charge in [0.05, 0.1) is 18.2 Å². The zero-order valence-corrected chi connectivity index (χ0v) is 14.8. The van der Waals surface area contributed by atoms with E-state index in [-0.39, 0.29) is 42.5 Å². The predicted molar refractivity (Wildman–Crippen MR) is 91.9 cm³/mol. The standard InChI is InChI=1S/C17H21N3O4S/c1-10(16(18)23)2-3-14(22)19-6-4-12-15(19)13(21)8-20(12)17(24)11-5-7-25-9-11/h5,7,9-10,12,15H,2-4,6,8H2,1H3,(H2,18,23). The third-order valence-electron chi connectivity index (χ3n) is 5.05. The van der Waals surface area contributed by atoms with E-state index in [1.54, 1.807) is 28.2 Å². The largest absolute Gasteiger partial charge is 0.369 e. The molecule has 0 aliphatic carbocycles. The minimum atomic E-state index is -0.557. The number of carbonyl (C=O) groups excluding carboxylic acids is 4. The summed E-state index contributed by atoms with van der Waals surface area (Å²) < 4.78 is 0. The van der Waals surface area contributed by atoms with Crippen molar-refractivity contribution in [1.29, 1.82) is 0 Å². The van der Waals surface area contributed by atoms with Gasteiger partial charge in [-0.2, -0.15) is 11.3 Å². The minimum absolute atomic E-state index is 0.0471. The SMILES string of the molecule is CC(CCC(=O)N1CCC2C1C(=O)CN2C(=O)c1ccsc1)C(N)=O. The number of nitrogens with zero attached hydrogens (tertiary/aromatic N) is 2. The Morgan fingerprint density at radius 3 is 2.76 bits per heavy atom. The van der Waals surface area contributed by atoms with Gasteiger partial charge in [-0.1, -0.05) is 6.92 Å². The number of amides is 3. The smallest absolute Gasteiger partial charge is 0.255 e. The highest BCUT2D eigenvalue weighted by atomic mass is 32.1. The molecule has 1 aromatic heterocycles. The maximum absolute atomic E-state index is 12.6. The summed E-state index contributed by atoms with van der Waals surface area (Å²) in [4.78, 5) is 51.8. The molecule has 0 radical (unpaired) electrons. The van der Waals surface area contributed by atoms with Crippen molar-refractivity contribution >= 4 is 34.8 Å². The van der Waals surface area contributed by atoms with Gasteiger partial charge >= 0.3 is 0 Å². The van der Waals surface area contributed by atoms with Gasteiger partial charge in [0.1, 0.15) is 6.04 Å². The van der Waals surface area contributed by atoms with Crippen LogP contribution in [0.4, 0.5) is 0 Å². The molecule has 134 valence electrons. The lowest BCUT2D eigenvalue weighted by atomic mass is 10.0. The summed E-state index contributed by atoms with van der Waals surface area (Å²) in [5, 5.41) is 3.59. The van der Waals surface area contributed by atoms with Crippen molar-refractivity contribution in [3.05, 3.63) is 22.4 Å². The van der Waals surface area contributed by atoms with Crippen molar-refractivity contribution in [3.63, 3.8) is 0 Å². The molecule has 0 saturated carbocycles. The Hall–Kier alpha value is -2.22. The normalized spacial score (nSPS) is 23.6. The van der Waals surface area contributed by atoms with Crippen LogP contribution < -0.4 is 5.73 Å². The summed E-state index contributed by atoms with van der Waals surface area (Å²) in [6, 6.07) is 0.935. The second-order valence-electron chi connectivity index (χ2n) is 6.64. The lowest BCUT2D eigenvalue weighted by molar-refractivity contribution is -0.136. The lowest BCUT2D eigenvalue weighted by Crippen LogP contribution is -2.43. The van der Waals surface area contributed by atoms with E-state index in [0.29, 0.717) is 24.9 Å². The summed E-state index contributed by atoms with van der Waals surface area (Å²) in [7, 11) is 0. The number of hydrogen-bond donors (Lipinski definition) is 1. The van der Waals surface area contributed by atoms with Crippen LogP contribution in [0.2, 0.25) is 0 Å². The molecule has 3 atom stereocenters. The van der Waals surface area contributed by atoms with Crippen LogP contribution in [0.1, 0.15) is 36.5 Å². The van der Waals surface area contributed by atoms with Crippen LogP contribution in [0, 0.1) is 5.92 Å². The van der Waals surface area contributed by atoms with Gasteiger partial charge in [0.25, 0.3) is 5.91 Å². The fourth-order valence-corrected chi connectivity index (χ4v) is 4.18. The van der Waals surface area contributed by atoms with E-state index >= 15 is 0 Å². The van der Waals surface area contributed by atoms with Gasteiger partial charge in [0, 0.05) is 24.3 Å². The summed E-state index contributed by atoms with van der Waals surface area (Å²) in [6.45, 7) is 2.19. The molecule has 3 amide bonds. The van der Waals surface area contributed by atoms with E-state index in [2.05, 4.69) is 0 Å². The van der Waals surface area contributed by atoms with Gasteiger partial charge in [-0.25, -0.2) is 0 Å². The van der Waals surface area contributed by atoms with E-state index in [1.807, 2.05) is 5.38 Å². The van der Waals surface area contributed by atoms with E-state index in [4.69, 9.17) is 5.73 Å². The number of fused-ring (bicyclic) bond motifs is 1. The first kappa shape index (κ1) is 17.6. The molecular weight excluding hydrogens is 342 g/mol. The van der Waals surface area contributed by atoms with E-state index in [0.717, 1.165) is 0 Å². The second kappa shape index (κ2) is 6.95. The highest BCUT2D eigenvalue weighted by molar-refractivity contribution is 7.08. The molecule has 25 heavy (non-hydrogen) atoms. The zero-order chi connectivity index (χ0) is 18.1. The Morgan fingerprint density at radius 2 is 2.12 bits per heavy atom. The van der Waals surface area contributed by atoms with Gasteiger partial charge < -0.3 is 15.5 Å². The molecule has 2 fully saturated rings. The summed E-state index contributed by atoms with van der Waals surface area (Å²) in [5.41, 5.74) is 5.80. The zero-order valence-electron chi connectivity index (χ0n) is 14.0. The van der Waals surface area contributed by atoms with Gasteiger partial charge in [-0.3, -0.25) is 19.2 Å². The molecule has 2 aliphatic rings. The second-order valence-corrected chi connectivity index (χ2v) is 7.42. The fraction of sp³-hybridized carbons (Fsp3) is 0.529. The van der Waals surface area contributed by atoms with Gasteiger partial charge in [0.15, 0.2) is 5.78 Å². The van der Waals surface area contributed by atoms with Gasteiger partial charge in [-0.15, -0.1) is 0 Å². The molecule has 3 rings (SSSR count). The Labute approximate surface area is 149 Å². The first-order valence-corrected chi connectivity index (χ1v) is 9.29. The van der Waals surface area contributed by atoms with Crippen LogP contribution in [0.5, 0.6) is 0 Å². The van der Waals surface area contributed by atoms with Crippen molar-refractivity contribution < 1.29 is 19.2 Å². The maximum Gasteiger partial charge on any atom is 0.255 e. The molecule has 2 aliphatic heterocycles. The van der Waals surface area contributed by atoms with Crippen LogP contribution in [0.25, 0.3) is 0 Å². The molecular formula is C17H21N3O4S. The van der Waals surface area contributed by atoms with Crippen molar-refractivity contribution in [2.75, 3.05) is 13.1 Å². The van der Waals surface area contributed by atoms with Crippen LogP contribution in [0.15, 0.2) is 16.8 Å².